The van der Waals surface area contributed by atoms with Gasteiger partial charge in [-0.2, -0.15) is 0 Å². The van der Waals surface area contributed by atoms with Gasteiger partial charge in [0.25, 0.3) is 0 Å². The van der Waals surface area contributed by atoms with Crippen molar-refractivity contribution in [1.82, 2.24) is 0 Å². The summed E-state index contributed by atoms with van der Waals surface area (Å²) in [5.74, 6) is 0.438. The Morgan fingerprint density at radius 2 is 1.82 bits per heavy atom. The molecule has 3 aliphatic rings. The van der Waals surface area contributed by atoms with Crippen molar-refractivity contribution < 1.29 is 33.6 Å². The van der Waals surface area contributed by atoms with Crippen molar-refractivity contribution in [2.45, 2.75) is 78.6 Å². The molecule has 0 aromatic heterocycles. The number of carbonyl (C=O) groups is 2. The zero-order chi connectivity index (χ0) is 25.1. The zero-order valence-electron chi connectivity index (χ0n) is 21.4. The quantitative estimate of drug-likeness (QED) is 0.458. The monoisotopic (exact) mass is 474 g/mol. The maximum Gasteiger partial charge on any atom is 0.345 e. The predicted octanol–water partition coefficient (Wildman–Crippen LogP) is 5.00. The molecular weight excluding hydrogens is 436 g/mol. The number of methoxy groups -OCH3 is 2. The van der Waals surface area contributed by atoms with Gasteiger partial charge >= 0.3 is 5.97 Å². The van der Waals surface area contributed by atoms with E-state index in [4.69, 9.17) is 18.9 Å². The molecule has 1 aliphatic heterocycles. The molecule has 5 atom stereocenters. The second kappa shape index (κ2) is 8.52. The highest BCUT2D eigenvalue weighted by Gasteiger charge is 2.58. The number of benzene rings is 1. The van der Waals surface area contributed by atoms with Gasteiger partial charge in [-0.3, -0.25) is 4.79 Å². The van der Waals surface area contributed by atoms with Crippen molar-refractivity contribution in [3.63, 3.8) is 0 Å². The first kappa shape index (κ1) is 25.0. The molecule has 1 aromatic rings. The number of aldehydes is 1. The largest absolute Gasteiger partial charge is 0.495 e. The van der Waals surface area contributed by atoms with E-state index < -0.39 is 17.9 Å². The Morgan fingerprint density at radius 3 is 2.44 bits per heavy atom. The third kappa shape index (κ3) is 3.63. The molecule has 1 aromatic carbocycles. The summed E-state index contributed by atoms with van der Waals surface area (Å²) in [6.07, 6.45) is 4.73. The van der Waals surface area contributed by atoms with Gasteiger partial charge < -0.3 is 24.1 Å². The minimum Gasteiger partial charge on any atom is -0.495 e. The molecule has 1 heterocycles. The molecular formula is C27H38O7. The van der Waals surface area contributed by atoms with Crippen LogP contribution in [-0.2, 0) is 9.47 Å². The Kier molecular flexibility index (Phi) is 6.26. The van der Waals surface area contributed by atoms with E-state index in [1.807, 2.05) is 6.92 Å². The highest BCUT2D eigenvalue weighted by atomic mass is 16.7. The fourth-order valence-corrected chi connectivity index (χ4v) is 7.42. The van der Waals surface area contributed by atoms with Gasteiger partial charge in [0, 0.05) is 18.6 Å². The second-order valence-electron chi connectivity index (χ2n) is 11.4. The minimum atomic E-state index is -1.00. The molecule has 2 fully saturated rings. The van der Waals surface area contributed by atoms with Crippen LogP contribution in [0.1, 0.15) is 97.9 Å². The Labute approximate surface area is 202 Å². The molecule has 0 bridgehead atoms. The minimum absolute atomic E-state index is 0.0896. The van der Waals surface area contributed by atoms with Crippen molar-refractivity contribution >= 4 is 12.3 Å². The van der Waals surface area contributed by atoms with Crippen LogP contribution in [0.3, 0.4) is 0 Å². The van der Waals surface area contributed by atoms with Crippen molar-refractivity contribution in [2.75, 3.05) is 20.8 Å². The van der Waals surface area contributed by atoms with Crippen molar-refractivity contribution in [3.8, 4) is 11.5 Å². The van der Waals surface area contributed by atoms with Crippen LogP contribution in [0.2, 0.25) is 0 Å². The molecule has 0 amide bonds. The van der Waals surface area contributed by atoms with Crippen LogP contribution in [0.15, 0.2) is 0 Å². The number of carbonyl (C=O) groups excluding carboxylic acids is 2. The standard InChI is InChI=1S/C27H38O7/c1-15-21(16(13-28)19-20(22(15)31-6)23(29)34-24(19)32-7)33-14-18-26(4)11-8-10-25(2,3)17(26)9-12-27(18,5)30/h13,17-18,24,30H,8-12,14H2,1-7H3/t17-,18+,24-,26-,27+/m0/s1. The van der Waals surface area contributed by atoms with Gasteiger partial charge in [0.15, 0.2) is 6.29 Å². The molecule has 7 nitrogen and oxygen atoms in total. The van der Waals surface area contributed by atoms with Crippen LogP contribution in [0.4, 0.5) is 0 Å². The van der Waals surface area contributed by atoms with Gasteiger partial charge in [-0.25, -0.2) is 4.79 Å². The summed E-state index contributed by atoms with van der Waals surface area (Å²) in [7, 11) is 2.89. The van der Waals surface area contributed by atoms with Crippen molar-refractivity contribution in [3.05, 3.63) is 22.3 Å². The molecule has 1 N–H and O–H groups in total. The van der Waals surface area contributed by atoms with Gasteiger partial charge in [0.2, 0.25) is 6.29 Å². The van der Waals surface area contributed by atoms with E-state index in [0.717, 1.165) is 19.3 Å². The zero-order valence-corrected chi connectivity index (χ0v) is 21.4. The molecule has 0 saturated heterocycles. The normalized spacial score (nSPS) is 34.1. The number of cyclic esters (lactones) is 1. The van der Waals surface area contributed by atoms with E-state index in [1.165, 1.54) is 20.6 Å². The summed E-state index contributed by atoms with van der Waals surface area (Å²) in [5, 5.41) is 11.5. The van der Waals surface area contributed by atoms with Crippen LogP contribution < -0.4 is 9.47 Å². The maximum absolute atomic E-state index is 12.5. The highest BCUT2D eigenvalue weighted by molar-refractivity contribution is 6.02. The molecule has 0 radical (unpaired) electrons. The first-order valence-electron chi connectivity index (χ1n) is 12.2. The van der Waals surface area contributed by atoms with E-state index >= 15 is 0 Å². The molecule has 188 valence electrons. The Balaban J connectivity index is 1.76. The van der Waals surface area contributed by atoms with Crippen LogP contribution in [0.25, 0.3) is 0 Å². The highest BCUT2D eigenvalue weighted by Crippen LogP contribution is 2.62. The number of rotatable bonds is 6. The number of fused-ring (bicyclic) bond motifs is 2. The lowest BCUT2D eigenvalue weighted by Crippen LogP contribution is -2.59. The van der Waals surface area contributed by atoms with E-state index in [2.05, 4.69) is 20.8 Å². The third-order valence-corrected chi connectivity index (χ3v) is 9.06. The van der Waals surface area contributed by atoms with Crippen LogP contribution in [0.5, 0.6) is 11.5 Å². The summed E-state index contributed by atoms with van der Waals surface area (Å²) in [6, 6.07) is 0. The van der Waals surface area contributed by atoms with Gasteiger partial charge in [-0.05, 0) is 56.3 Å². The third-order valence-electron chi connectivity index (χ3n) is 9.06. The fourth-order valence-electron chi connectivity index (χ4n) is 7.42. The number of esters is 1. The number of hydrogen-bond donors (Lipinski definition) is 1. The molecule has 34 heavy (non-hydrogen) atoms. The van der Waals surface area contributed by atoms with Gasteiger partial charge in [-0.15, -0.1) is 0 Å². The van der Waals surface area contributed by atoms with E-state index in [0.29, 0.717) is 41.3 Å². The lowest BCUT2D eigenvalue weighted by molar-refractivity contribution is -0.176. The average molecular weight is 475 g/mol. The molecule has 4 rings (SSSR count). The summed E-state index contributed by atoms with van der Waals surface area (Å²) >= 11 is 0. The summed E-state index contributed by atoms with van der Waals surface area (Å²) < 4.78 is 22.6. The predicted molar refractivity (Wildman–Crippen MR) is 126 cm³/mol. The average Bonchev–Trinajstić information content (AvgIpc) is 3.08. The SMILES string of the molecule is COc1c(C)c(OC[C@@H]2[C@@]3(C)CCCC(C)(C)[C@@H]3CC[C@@]2(C)O)c(C=O)c2c1C(=O)O[C@@H]2OC. The molecule has 2 saturated carbocycles. The van der Waals surface area contributed by atoms with E-state index in [1.54, 1.807) is 6.92 Å². The lowest BCUT2D eigenvalue weighted by atomic mass is 9.46. The van der Waals surface area contributed by atoms with E-state index in [9.17, 15) is 14.7 Å². The van der Waals surface area contributed by atoms with Crippen LogP contribution >= 0.6 is 0 Å². The van der Waals surface area contributed by atoms with Crippen molar-refractivity contribution in [2.24, 2.45) is 22.7 Å². The van der Waals surface area contributed by atoms with Crippen molar-refractivity contribution in [1.29, 1.82) is 0 Å². The van der Waals surface area contributed by atoms with Crippen LogP contribution in [-0.4, -0.2) is 43.8 Å². The number of hydrogen-bond acceptors (Lipinski definition) is 7. The Morgan fingerprint density at radius 1 is 1.12 bits per heavy atom. The van der Waals surface area contributed by atoms with E-state index in [-0.39, 0.29) is 34.5 Å². The Bertz CT molecular complexity index is 995. The first-order valence-corrected chi connectivity index (χ1v) is 12.2. The molecule has 0 spiro atoms. The smallest absolute Gasteiger partial charge is 0.345 e. The molecule has 2 aliphatic carbocycles. The number of aliphatic hydroxyl groups is 1. The van der Waals surface area contributed by atoms with Crippen LogP contribution in [0, 0.1) is 29.6 Å². The first-order chi connectivity index (χ1) is 15.9. The summed E-state index contributed by atoms with van der Waals surface area (Å²) in [4.78, 5) is 24.8. The summed E-state index contributed by atoms with van der Waals surface area (Å²) in [6.45, 7) is 10.9. The Hall–Kier alpha value is -2.12. The van der Waals surface area contributed by atoms with Gasteiger partial charge in [0.1, 0.15) is 17.1 Å². The maximum atomic E-state index is 12.5. The summed E-state index contributed by atoms with van der Waals surface area (Å²) in [5.41, 5.74) is 0.540. The topological polar surface area (TPSA) is 91.3 Å². The lowest BCUT2D eigenvalue weighted by Gasteiger charge is -2.61. The van der Waals surface area contributed by atoms with Gasteiger partial charge in [0.05, 0.1) is 30.4 Å². The molecule has 0 unspecified atom stereocenters. The second-order valence-corrected chi connectivity index (χ2v) is 11.4. The van der Waals surface area contributed by atoms with Gasteiger partial charge in [-0.1, -0.05) is 27.2 Å². The fraction of sp³-hybridized carbons (Fsp3) is 0.704. The number of ether oxygens (including phenoxy) is 4. The molecule has 7 heteroatoms.